The Morgan fingerprint density at radius 3 is 2.67 bits per heavy atom. The second-order valence-corrected chi connectivity index (χ2v) is 7.21. The quantitative estimate of drug-likeness (QED) is 0.447. The average Bonchev–Trinajstić information content (AvgIpc) is 3.48. The molecule has 0 atom stereocenters. The van der Waals surface area contributed by atoms with Gasteiger partial charge in [-0.05, 0) is 36.2 Å². The van der Waals surface area contributed by atoms with Crippen molar-refractivity contribution < 1.29 is 22.5 Å². The highest BCUT2D eigenvalue weighted by Crippen LogP contribution is 2.29. The third-order valence-corrected chi connectivity index (χ3v) is 4.75. The van der Waals surface area contributed by atoms with E-state index in [1.54, 1.807) is 22.9 Å². The first-order chi connectivity index (χ1) is 15.8. The standard InChI is InChI=1S/C22H19F3N6O2/c1-2-3-18-29-21(33-30-18)15-8-9-26-19(10-15)31-12-17(28-13-31)20(32)27-11-14-4-6-16(7-5-14)22(23,24)25/h4-10,12-13H,2-3,11H2,1H3,(H,27,32). The topological polar surface area (TPSA) is 98.7 Å². The smallest absolute Gasteiger partial charge is 0.347 e. The van der Waals surface area contributed by atoms with E-state index in [1.165, 1.54) is 24.7 Å². The maximum atomic E-state index is 12.7. The predicted molar refractivity (Wildman–Crippen MR) is 111 cm³/mol. The average molecular weight is 456 g/mol. The summed E-state index contributed by atoms with van der Waals surface area (Å²) in [4.78, 5) is 25.1. The van der Waals surface area contributed by atoms with Crippen LogP contribution >= 0.6 is 0 Å². The molecule has 0 unspecified atom stereocenters. The Morgan fingerprint density at radius 2 is 1.94 bits per heavy atom. The maximum absolute atomic E-state index is 12.7. The van der Waals surface area contributed by atoms with E-state index < -0.39 is 17.6 Å². The molecule has 0 saturated carbocycles. The van der Waals surface area contributed by atoms with Gasteiger partial charge in [-0.3, -0.25) is 9.36 Å². The van der Waals surface area contributed by atoms with E-state index in [-0.39, 0.29) is 12.2 Å². The van der Waals surface area contributed by atoms with Crippen molar-refractivity contribution in [1.29, 1.82) is 0 Å². The summed E-state index contributed by atoms with van der Waals surface area (Å²) in [6, 6.07) is 8.06. The van der Waals surface area contributed by atoms with Crippen LogP contribution in [-0.4, -0.2) is 30.6 Å². The van der Waals surface area contributed by atoms with Gasteiger partial charge in [0.1, 0.15) is 17.8 Å². The lowest BCUT2D eigenvalue weighted by molar-refractivity contribution is -0.137. The maximum Gasteiger partial charge on any atom is 0.416 e. The van der Waals surface area contributed by atoms with Crippen LogP contribution in [0, 0.1) is 0 Å². The molecule has 1 amide bonds. The molecule has 8 nitrogen and oxygen atoms in total. The number of imidazole rings is 1. The monoisotopic (exact) mass is 456 g/mol. The van der Waals surface area contributed by atoms with Crippen LogP contribution in [-0.2, 0) is 19.1 Å². The molecule has 4 rings (SSSR count). The lowest BCUT2D eigenvalue weighted by Gasteiger charge is -2.08. The van der Waals surface area contributed by atoms with Gasteiger partial charge in [0.15, 0.2) is 5.82 Å². The second-order valence-electron chi connectivity index (χ2n) is 7.21. The predicted octanol–water partition coefficient (Wildman–Crippen LogP) is 4.22. The number of alkyl halides is 3. The number of hydrogen-bond acceptors (Lipinski definition) is 6. The van der Waals surface area contributed by atoms with E-state index in [0.29, 0.717) is 35.1 Å². The summed E-state index contributed by atoms with van der Waals surface area (Å²) < 4.78 is 44.8. The summed E-state index contributed by atoms with van der Waals surface area (Å²) in [6.45, 7) is 2.09. The molecule has 0 saturated heterocycles. The molecule has 170 valence electrons. The lowest BCUT2D eigenvalue weighted by Crippen LogP contribution is -2.23. The van der Waals surface area contributed by atoms with Crippen molar-refractivity contribution >= 4 is 5.91 Å². The molecule has 3 heterocycles. The molecular formula is C22H19F3N6O2. The first-order valence-electron chi connectivity index (χ1n) is 10.1. The lowest BCUT2D eigenvalue weighted by atomic mass is 10.1. The number of amides is 1. The van der Waals surface area contributed by atoms with Gasteiger partial charge in [0.2, 0.25) is 0 Å². The van der Waals surface area contributed by atoms with Gasteiger partial charge in [0.05, 0.1) is 5.56 Å². The van der Waals surface area contributed by atoms with Crippen molar-refractivity contribution in [2.75, 3.05) is 0 Å². The van der Waals surface area contributed by atoms with E-state index in [2.05, 4.69) is 25.4 Å². The number of aromatic nitrogens is 5. The van der Waals surface area contributed by atoms with E-state index in [9.17, 15) is 18.0 Å². The van der Waals surface area contributed by atoms with Crippen molar-refractivity contribution in [2.45, 2.75) is 32.5 Å². The minimum Gasteiger partial charge on any atom is -0.347 e. The van der Waals surface area contributed by atoms with Gasteiger partial charge in [-0.25, -0.2) is 9.97 Å². The van der Waals surface area contributed by atoms with E-state index >= 15 is 0 Å². The third-order valence-electron chi connectivity index (χ3n) is 4.75. The number of carbonyl (C=O) groups is 1. The molecule has 3 aromatic heterocycles. The van der Waals surface area contributed by atoms with Gasteiger partial charge in [-0.2, -0.15) is 18.2 Å². The number of hydrogen-bond donors (Lipinski definition) is 1. The van der Waals surface area contributed by atoms with E-state index in [1.807, 2.05) is 6.92 Å². The Bertz CT molecular complexity index is 1250. The number of rotatable bonds is 7. The van der Waals surface area contributed by atoms with Crippen LogP contribution in [0.2, 0.25) is 0 Å². The first kappa shape index (κ1) is 22.2. The second kappa shape index (κ2) is 9.23. The van der Waals surface area contributed by atoms with Crippen LogP contribution in [0.25, 0.3) is 17.3 Å². The summed E-state index contributed by atoms with van der Waals surface area (Å²) >= 11 is 0. The van der Waals surface area contributed by atoms with Gasteiger partial charge >= 0.3 is 6.18 Å². The fourth-order valence-electron chi connectivity index (χ4n) is 3.04. The highest BCUT2D eigenvalue weighted by atomic mass is 19.4. The molecular weight excluding hydrogens is 437 g/mol. The number of pyridine rings is 1. The van der Waals surface area contributed by atoms with Crippen molar-refractivity contribution in [3.8, 4) is 17.3 Å². The molecule has 1 aromatic carbocycles. The van der Waals surface area contributed by atoms with E-state index in [4.69, 9.17) is 4.52 Å². The number of aryl methyl sites for hydroxylation is 1. The Morgan fingerprint density at radius 1 is 1.15 bits per heavy atom. The molecule has 0 spiro atoms. The largest absolute Gasteiger partial charge is 0.416 e. The number of benzene rings is 1. The Labute approximate surface area is 186 Å². The molecule has 0 aliphatic heterocycles. The molecule has 0 aliphatic carbocycles. The van der Waals surface area contributed by atoms with Crippen molar-refractivity contribution in [2.24, 2.45) is 0 Å². The van der Waals surface area contributed by atoms with Crippen LogP contribution in [0.15, 0.2) is 59.6 Å². The Balaban J connectivity index is 1.42. The molecule has 33 heavy (non-hydrogen) atoms. The van der Waals surface area contributed by atoms with Gasteiger partial charge in [0.25, 0.3) is 11.8 Å². The minimum atomic E-state index is -4.40. The number of nitrogens with one attached hydrogen (secondary N) is 1. The van der Waals surface area contributed by atoms with Gasteiger partial charge in [0, 0.05) is 30.9 Å². The summed E-state index contributed by atoms with van der Waals surface area (Å²) in [6.07, 6.45) is 1.74. The minimum absolute atomic E-state index is 0.0643. The highest BCUT2D eigenvalue weighted by molar-refractivity contribution is 5.92. The Hall–Kier alpha value is -4.02. The van der Waals surface area contributed by atoms with Crippen LogP contribution in [0.5, 0.6) is 0 Å². The molecule has 1 N–H and O–H groups in total. The summed E-state index contributed by atoms with van der Waals surface area (Å²) in [5, 5.41) is 6.58. The molecule has 0 fully saturated rings. The van der Waals surface area contributed by atoms with Gasteiger partial charge in [-0.1, -0.05) is 24.2 Å². The zero-order chi connectivity index (χ0) is 23.4. The zero-order valence-electron chi connectivity index (χ0n) is 17.5. The molecule has 11 heteroatoms. The van der Waals surface area contributed by atoms with Crippen LogP contribution in [0.1, 0.15) is 40.8 Å². The van der Waals surface area contributed by atoms with Gasteiger partial charge < -0.3 is 9.84 Å². The van der Waals surface area contributed by atoms with Crippen molar-refractivity contribution in [3.63, 3.8) is 0 Å². The number of carbonyl (C=O) groups excluding carboxylic acids is 1. The summed E-state index contributed by atoms with van der Waals surface area (Å²) in [5.41, 5.74) is 0.606. The highest BCUT2D eigenvalue weighted by Gasteiger charge is 2.29. The van der Waals surface area contributed by atoms with Crippen molar-refractivity contribution in [1.82, 2.24) is 30.0 Å². The zero-order valence-corrected chi connectivity index (χ0v) is 17.5. The normalized spacial score (nSPS) is 11.5. The summed E-state index contributed by atoms with van der Waals surface area (Å²) in [7, 11) is 0. The third kappa shape index (κ3) is 5.25. The number of halogens is 3. The van der Waals surface area contributed by atoms with Crippen LogP contribution in [0.3, 0.4) is 0 Å². The molecule has 0 bridgehead atoms. The van der Waals surface area contributed by atoms with Crippen LogP contribution < -0.4 is 5.32 Å². The summed E-state index contributed by atoms with van der Waals surface area (Å²) in [5.74, 6) is 1.03. The first-order valence-corrected chi connectivity index (χ1v) is 10.1. The SMILES string of the molecule is CCCc1noc(-c2ccnc(-n3cnc(C(=O)NCc4ccc(C(F)(F)F)cc4)c3)c2)n1. The molecule has 0 radical (unpaired) electrons. The fraction of sp³-hybridized carbons (Fsp3) is 0.227. The molecule has 4 aromatic rings. The molecule has 0 aliphatic rings. The van der Waals surface area contributed by atoms with Crippen LogP contribution in [0.4, 0.5) is 13.2 Å². The Kier molecular flexibility index (Phi) is 6.20. The van der Waals surface area contributed by atoms with Crippen molar-refractivity contribution in [3.05, 3.63) is 77.8 Å². The fourth-order valence-corrected chi connectivity index (χ4v) is 3.04. The van der Waals surface area contributed by atoms with Gasteiger partial charge in [-0.15, -0.1) is 0 Å². The number of nitrogens with zero attached hydrogens (tertiary/aromatic N) is 5. The van der Waals surface area contributed by atoms with E-state index in [0.717, 1.165) is 18.6 Å².